The van der Waals surface area contributed by atoms with Gasteiger partial charge in [0.15, 0.2) is 0 Å². The van der Waals surface area contributed by atoms with Gasteiger partial charge in [0.05, 0.1) is 22.9 Å². The SMILES string of the molecule is Cc1cc(C)cc(NC2=C(c3ccc(C)cc3C)C(=O)N(c3ccc(C#N)cc3)C2=O)c1. The molecule has 0 aromatic heterocycles. The molecule has 3 aromatic carbocycles. The van der Waals surface area contributed by atoms with Crippen LogP contribution >= 0.6 is 0 Å². The van der Waals surface area contributed by atoms with E-state index in [1.54, 1.807) is 24.3 Å². The zero-order chi connectivity index (χ0) is 23.0. The normalized spacial score (nSPS) is 13.5. The van der Waals surface area contributed by atoms with E-state index in [0.29, 0.717) is 16.8 Å². The highest BCUT2D eigenvalue weighted by Gasteiger charge is 2.40. The van der Waals surface area contributed by atoms with Gasteiger partial charge in [-0.05, 0) is 86.3 Å². The lowest BCUT2D eigenvalue weighted by Gasteiger charge is -2.16. The molecule has 158 valence electrons. The number of anilines is 2. The van der Waals surface area contributed by atoms with E-state index in [1.807, 2.05) is 58.0 Å². The summed E-state index contributed by atoms with van der Waals surface area (Å²) < 4.78 is 0. The van der Waals surface area contributed by atoms with Crippen molar-refractivity contribution < 1.29 is 9.59 Å². The topological polar surface area (TPSA) is 73.2 Å². The lowest BCUT2D eigenvalue weighted by molar-refractivity contribution is -0.120. The Kier molecular flexibility index (Phi) is 5.38. The summed E-state index contributed by atoms with van der Waals surface area (Å²) >= 11 is 0. The Morgan fingerprint density at radius 3 is 2.03 bits per heavy atom. The number of carbonyl (C=O) groups is 2. The molecule has 0 atom stereocenters. The highest BCUT2D eigenvalue weighted by Crippen LogP contribution is 2.35. The average molecular weight is 422 g/mol. The van der Waals surface area contributed by atoms with Crippen LogP contribution in [0, 0.1) is 39.0 Å². The van der Waals surface area contributed by atoms with Crippen LogP contribution in [0.15, 0.2) is 66.4 Å². The van der Waals surface area contributed by atoms with E-state index >= 15 is 0 Å². The molecule has 4 rings (SSSR count). The van der Waals surface area contributed by atoms with Gasteiger partial charge in [-0.2, -0.15) is 5.26 Å². The summed E-state index contributed by atoms with van der Waals surface area (Å²) in [6, 6.07) is 20.3. The van der Waals surface area contributed by atoms with E-state index < -0.39 is 11.8 Å². The third kappa shape index (κ3) is 3.79. The molecule has 1 aliphatic heterocycles. The van der Waals surface area contributed by atoms with Crippen molar-refractivity contribution in [3.8, 4) is 6.07 Å². The first-order valence-electron chi connectivity index (χ1n) is 10.3. The highest BCUT2D eigenvalue weighted by atomic mass is 16.2. The van der Waals surface area contributed by atoms with Gasteiger partial charge in [-0.3, -0.25) is 9.59 Å². The van der Waals surface area contributed by atoms with Gasteiger partial charge >= 0.3 is 0 Å². The number of hydrogen-bond acceptors (Lipinski definition) is 4. The molecule has 2 amide bonds. The Morgan fingerprint density at radius 1 is 0.781 bits per heavy atom. The van der Waals surface area contributed by atoms with Crippen LogP contribution < -0.4 is 10.2 Å². The molecule has 1 N–H and O–H groups in total. The Balaban J connectivity index is 1.86. The number of aryl methyl sites for hydroxylation is 4. The summed E-state index contributed by atoms with van der Waals surface area (Å²) in [4.78, 5) is 28.3. The monoisotopic (exact) mass is 421 g/mol. The van der Waals surface area contributed by atoms with E-state index in [-0.39, 0.29) is 5.70 Å². The summed E-state index contributed by atoms with van der Waals surface area (Å²) in [5, 5.41) is 12.3. The van der Waals surface area contributed by atoms with Crippen LogP contribution in [-0.4, -0.2) is 11.8 Å². The molecule has 0 aliphatic carbocycles. The molecule has 0 saturated carbocycles. The minimum Gasteiger partial charge on any atom is -0.350 e. The van der Waals surface area contributed by atoms with Crippen molar-refractivity contribution in [3.63, 3.8) is 0 Å². The largest absolute Gasteiger partial charge is 0.350 e. The predicted molar refractivity (Wildman–Crippen MR) is 126 cm³/mol. The van der Waals surface area contributed by atoms with Crippen LogP contribution in [0.1, 0.15) is 33.4 Å². The van der Waals surface area contributed by atoms with Crippen LogP contribution in [0.5, 0.6) is 0 Å². The summed E-state index contributed by atoms with van der Waals surface area (Å²) in [5.41, 5.74) is 7.07. The second-order valence-electron chi connectivity index (χ2n) is 8.17. The molecule has 1 aliphatic rings. The van der Waals surface area contributed by atoms with Gasteiger partial charge in [0.2, 0.25) is 0 Å². The van der Waals surface area contributed by atoms with E-state index in [4.69, 9.17) is 5.26 Å². The molecule has 0 fully saturated rings. The summed E-state index contributed by atoms with van der Waals surface area (Å²) in [5.74, 6) is -0.813. The van der Waals surface area contributed by atoms with E-state index in [2.05, 4.69) is 17.5 Å². The molecule has 0 bridgehead atoms. The van der Waals surface area contributed by atoms with Crippen LogP contribution in [0.25, 0.3) is 5.57 Å². The van der Waals surface area contributed by atoms with Crippen molar-refractivity contribution >= 4 is 28.8 Å². The fourth-order valence-corrected chi connectivity index (χ4v) is 4.10. The zero-order valence-corrected chi connectivity index (χ0v) is 18.5. The first-order valence-corrected chi connectivity index (χ1v) is 10.3. The van der Waals surface area contributed by atoms with Gasteiger partial charge in [0.1, 0.15) is 5.70 Å². The molecule has 3 aromatic rings. The number of nitrogens with one attached hydrogen (secondary N) is 1. The van der Waals surface area contributed by atoms with Gasteiger partial charge in [-0.15, -0.1) is 0 Å². The smallest absolute Gasteiger partial charge is 0.282 e. The Bertz CT molecular complexity index is 1310. The maximum absolute atomic E-state index is 13.6. The first-order chi connectivity index (χ1) is 15.3. The van der Waals surface area contributed by atoms with Gasteiger partial charge < -0.3 is 5.32 Å². The van der Waals surface area contributed by atoms with Gasteiger partial charge in [-0.1, -0.05) is 29.8 Å². The molecule has 0 radical (unpaired) electrons. The lowest BCUT2D eigenvalue weighted by atomic mass is 9.97. The quantitative estimate of drug-likeness (QED) is 0.589. The third-order valence-electron chi connectivity index (χ3n) is 5.48. The summed E-state index contributed by atoms with van der Waals surface area (Å²) in [6.45, 7) is 7.90. The van der Waals surface area contributed by atoms with Crippen LogP contribution in [0.2, 0.25) is 0 Å². The van der Waals surface area contributed by atoms with E-state index in [0.717, 1.165) is 33.5 Å². The Morgan fingerprint density at radius 2 is 1.44 bits per heavy atom. The maximum Gasteiger partial charge on any atom is 0.282 e. The fourth-order valence-electron chi connectivity index (χ4n) is 4.10. The number of nitrogens with zero attached hydrogens (tertiary/aromatic N) is 2. The summed E-state index contributed by atoms with van der Waals surface area (Å²) in [6.07, 6.45) is 0. The van der Waals surface area contributed by atoms with E-state index in [9.17, 15) is 9.59 Å². The molecule has 5 nitrogen and oxygen atoms in total. The average Bonchev–Trinajstić information content (AvgIpc) is 2.97. The summed E-state index contributed by atoms with van der Waals surface area (Å²) in [7, 11) is 0. The lowest BCUT2D eigenvalue weighted by Crippen LogP contribution is -2.32. The Hall–Kier alpha value is -4.17. The van der Waals surface area contributed by atoms with Crippen molar-refractivity contribution in [1.29, 1.82) is 5.26 Å². The van der Waals surface area contributed by atoms with Crippen molar-refractivity contribution in [2.75, 3.05) is 10.2 Å². The number of amides is 2. The van der Waals surface area contributed by atoms with Gasteiger partial charge in [0, 0.05) is 5.69 Å². The number of imide groups is 1. The van der Waals surface area contributed by atoms with Crippen molar-refractivity contribution in [1.82, 2.24) is 0 Å². The number of benzene rings is 3. The van der Waals surface area contributed by atoms with Crippen molar-refractivity contribution in [3.05, 3.63) is 99.7 Å². The highest BCUT2D eigenvalue weighted by molar-refractivity contribution is 6.46. The number of rotatable bonds is 4. The third-order valence-corrected chi connectivity index (χ3v) is 5.48. The number of carbonyl (C=O) groups excluding carboxylic acids is 2. The minimum absolute atomic E-state index is 0.247. The molecule has 0 unspecified atom stereocenters. The minimum atomic E-state index is -0.422. The zero-order valence-electron chi connectivity index (χ0n) is 18.5. The van der Waals surface area contributed by atoms with Crippen LogP contribution in [0.4, 0.5) is 11.4 Å². The van der Waals surface area contributed by atoms with Crippen LogP contribution in [-0.2, 0) is 9.59 Å². The molecular formula is C27H23N3O2. The number of nitriles is 1. The molecule has 5 heteroatoms. The van der Waals surface area contributed by atoms with Gasteiger partial charge in [0.25, 0.3) is 11.8 Å². The van der Waals surface area contributed by atoms with Gasteiger partial charge in [-0.25, -0.2) is 4.90 Å². The molecule has 32 heavy (non-hydrogen) atoms. The molecule has 0 saturated heterocycles. The maximum atomic E-state index is 13.6. The molecular weight excluding hydrogens is 398 g/mol. The van der Waals surface area contributed by atoms with E-state index in [1.165, 1.54) is 4.90 Å². The van der Waals surface area contributed by atoms with Crippen molar-refractivity contribution in [2.45, 2.75) is 27.7 Å². The van der Waals surface area contributed by atoms with Crippen molar-refractivity contribution in [2.24, 2.45) is 0 Å². The Labute approximate surface area is 187 Å². The fraction of sp³-hybridized carbons (Fsp3) is 0.148. The first kappa shape index (κ1) is 21.1. The molecule has 0 spiro atoms. The number of hydrogen-bond donors (Lipinski definition) is 1. The standard InChI is InChI=1S/C27H23N3O2/c1-16-5-10-23(19(4)12-16)24-25(29-21-13-17(2)11-18(3)14-21)27(32)30(26(24)31)22-8-6-20(15-28)7-9-22/h5-14,29H,1-4H3. The van der Waals surface area contributed by atoms with Crippen LogP contribution in [0.3, 0.4) is 0 Å². The second-order valence-corrected chi connectivity index (χ2v) is 8.17. The molecule has 1 heterocycles. The second kappa shape index (κ2) is 8.16. The predicted octanol–water partition coefficient (Wildman–Crippen LogP) is 5.19.